The van der Waals surface area contributed by atoms with Crippen LogP contribution in [0.2, 0.25) is 0 Å². The molecule has 1 fully saturated rings. The van der Waals surface area contributed by atoms with E-state index in [-0.39, 0.29) is 6.42 Å². The molecule has 3 aromatic carbocycles. The predicted molar refractivity (Wildman–Crippen MR) is 112 cm³/mol. The first kappa shape index (κ1) is 19.1. The van der Waals surface area contributed by atoms with Crippen LogP contribution in [0.15, 0.2) is 78.9 Å². The number of hydrogen-bond donors (Lipinski definition) is 0. The molecule has 0 bridgehead atoms. The summed E-state index contributed by atoms with van der Waals surface area (Å²) in [7, 11) is 1.25. The maximum atomic E-state index is 13.2. The quantitative estimate of drug-likeness (QED) is 0.480. The molecule has 1 heterocycles. The Labute approximate surface area is 179 Å². The van der Waals surface area contributed by atoms with Gasteiger partial charge in [-0.15, -0.1) is 0 Å². The van der Waals surface area contributed by atoms with Crippen LogP contribution in [0.1, 0.15) is 23.1 Å². The smallest absolute Gasteiger partial charge is 0.419 e. The minimum atomic E-state index is -1.13. The van der Waals surface area contributed by atoms with Gasteiger partial charge in [-0.2, -0.15) is 0 Å². The van der Waals surface area contributed by atoms with Crippen molar-refractivity contribution in [2.45, 2.75) is 18.0 Å². The fraction of sp³-hybridized carbons (Fsp3) is 0.160. The lowest BCUT2D eigenvalue weighted by atomic mass is 9.78. The molecule has 2 aliphatic rings. The van der Waals surface area contributed by atoms with Gasteiger partial charge >= 0.3 is 18.0 Å². The van der Waals surface area contributed by atoms with Crippen LogP contribution in [0.3, 0.4) is 0 Å². The van der Waals surface area contributed by atoms with Crippen molar-refractivity contribution < 1.29 is 23.9 Å². The molecule has 1 aliphatic heterocycles. The van der Waals surface area contributed by atoms with Crippen LogP contribution in [0, 0.1) is 0 Å². The van der Waals surface area contributed by atoms with Crippen molar-refractivity contribution in [3.05, 3.63) is 95.6 Å². The van der Waals surface area contributed by atoms with Gasteiger partial charge in [-0.05, 0) is 27.8 Å². The number of methoxy groups -OCH3 is 1. The van der Waals surface area contributed by atoms with Crippen LogP contribution in [-0.2, 0) is 24.6 Å². The second kappa shape index (κ2) is 7.09. The van der Waals surface area contributed by atoms with Gasteiger partial charge in [0, 0.05) is 0 Å². The number of benzene rings is 3. The van der Waals surface area contributed by atoms with Gasteiger partial charge in [0.15, 0.2) is 0 Å². The Morgan fingerprint density at radius 1 is 0.903 bits per heavy atom. The number of esters is 2. The van der Waals surface area contributed by atoms with Crippen LogP contribution >= 0.6 is 0 Å². The molecule has 1 amide bonds. The highest BCUT2D eigenvalue weighted by atomic mass is 16.6. The second-order valence-corrected chi connectivity index (χ2v) is 7.52. The zero-order valence-electron chi connectivity index (χ0n) is 16.8. The second-order valence-electron chi connectivity index (χ2n) is 7.52. The third-order valence-electron chi connectivity index (χ3n) is 6.03. The lowest BCUT2D eigenvalue weighted by molar-refractivity contribution is -0.146. The Balaban J connectivity index is 1.86. The summed E-state index contributed by atoms with van der Waals surface area (Å²) in [5, 5.41) is 0. The van der Waals surface area contributed by atoms with E-state index in [1.807, 2.05) is 78.9 Å². The molecule has 0 N–H and O–H groups in total. The van der Waals surface area contributed by atoms with Crippen molar-refractivity contribution in [1.29, 1.82) is 0 Å². The van der Waals surface area contributed by atoms with E-state index in [9.17, 15) is 14.4 Å². The Kier molecular flexibility index (Phi) is 4.36. The molecule has 1 saturated heterocycles. The first-order valence-corrected chi connectivity index (χ1v) is 9.95. The molecule has 1 aliphatic carbocycles. The van der Waals surface area contributed by atoms with Crippen LogP contribution in [-0.4, -0.2) is 36.1 Å². The summed E-state index contributed by atoms with van der Waals surface area (Å²) in [5.41, 5.74) is 3.30. The molecule has 5 rings (SSSR count). The molecule has 0 radical (unpaired) electrons. The number of amides is 1. The number of nitrogens with zero attached hydrogens (tertiary/aromatic N) is 1. The van der Waals surface area contributed by atoms with Crippen LogP contribution in [0.25, 0.3) is 11.1 Å². The summed E-state index contributed by atoms with van der Waals surface area (Å²) in [6.45, 7) is 0. The standard InChI is InChI=1S/C25H19NO5/c1-30-22(27)15-21-23(28)31-24(29)26(21)25(16-9-3-2-4-10-16)19-13-7-5-11-17(19)18-12-6-8-14-20(18)25/h2-14,21H,15H2,1H3. The van der Waals surface area contributed by atoms with Crippen LogP contribution in [0.4, 0.5) is 4.79 Å². The third kappa shape index (κ3) is 2.61. The fourth-order valence-corrected chi connectivity index (χ4v) is 4.82. The van der Waals surface area contributed by atoms with Gasteiger partial charge in [0.2, 0.25) is 0 Å². The van der Waals surface area contributed by atoms with E-state index in [1.165, 1.54) is 12.0 Å². The third-order valence-corrected chi connectivity index (χ3v) is 6.03. The average Bonchev–Trinajstić information content (AvgIpc) is 3.25. The zero-order chi connectivity index (χ0) is 21.6. The van der Waals surface area contributed by atoms with Gasteiger partial charge in [-0.25, -0.2) is 9.59 Å². The fourth-order valence-electron chi connectivity index (χ4n) is 4.82. The van der Waals surface area contributed by atoms with Crippen molar-refractivity contribution >= 4 is 18.0 Å². The maximum Gasteiger partial charge on any atom is 0.419 e. The highest BCUT2D eigenvalue weighted by molar-refractivity contribution is 6.00. The van der Waals surface area contributed by atoms with Gasteiger partial charge < -0.3 is 9.47 Å². The van der Waals surface area contributed by atoms with Gasteiger partial charge in [0.25, 0.3) is 0 Å². The molecule has 0 saturated carbocycles. The van der Waals surface area contributed by atoms with E-state index < -0.39 is 29.6 Å². The molecular formula is C25H19NO5. The number of ether oxygens (including phenoxy) is 2. The minimum Gasteiger partial charge on any atom is -0.469 e. The lowest BCUT2D eigenvalue weighted by Gasteiger charge is -2.41. The highest BCUT2D eigenvalue weighted by Gasteiger charge is 2.58. The van der Waals surface area contributed by atoms with E-state index in [4.69, 9.17) is 9.47 Å². The van der Waals surface area contributed by atoms with Gasteiger partial charge in [-0.1, -0.05) is 78.9 Å². The van der Waals surface area contributed by atoms with Gasteiger partial charge in [-0.3, -0.25) is 9.69 Å². The van der Waals surface area contributed by atoms with Crippen molar-refractivity contribution in [1.82, 2.24) is 4.90 Å². The Hall–Kier alpha value is -3.93. The summed E-state index contributed by atoms with van der Waals surface area (Å²) in [5.74, 6) is -1.35. The molecule has 3 aromatic rings. The van der Waals surface area contributed by atoms with E-state index in [0.29, 0.717) is 0 Å². The first-order valence-electron chi connectivity index (χ1n) is 9.95. The lowest BCUT2D eigenvalue weighted by Crippen LogP contribution is -2.52. The SMILES string of the molecule is COC(=O)CC1C(=O)OC(=O)N1C1(c2ccccc2)c2ccccc2-c2ccccc21. The number of fused-ring (bicyclic) bond motifs is 3. The molecule has 31 heavy (non-hydrogen) atoms. The monoisotopic (exact) mass is 413 g/mol. The van der Waals surface area contributed by atoms with Gasteiger partial charge in [0.05, 0.1) is 13.5 Å². The number of cyclic esters (lactones) is 2. The highest BCUT2D eigenvalue weighted by Crippen LogP contribution is 2.55. The van der Waals surface area contributed by atoms with E-state index in [1.54, 1.807) is 0 Å². The summed E-state index contributed by atoms with van der Waals surface area (Å²) in [6, 6.07) is 24.0. The summed E-state index contributed by atoms with van der Waals surface area (Å²) in [4.78, 5) is 39.4. The van der Waals surface area contributed by atoms with Crippen molar-refractivity contribution in [3.8, 4) is 11.1 Å². The molecule has 1 atom stereocenters. The number of carbonyl (C=O) groups is 3. The zero-order valence-corrected chi connectivity index (χ0v) is 16.8. The normalized spacial score (nSPS) is 18.4. The Bertz CT molecular complexity index is 1160. The molecule has 6 heteroatoms. The molecule has 0 spiro atoms. The van der Waals surface area contributed by atoms with Crippen LogP contribution < -0.4 is 0 Å². The Morgan fingerprint density at radius 3 is 2.03 bits per heavy atom. The van der Waals surface area contributed by atoms with Crippen molar-refractivity contribution in [2.24, 2.45) is 0 Å². The maximum absolute atomic E-state index is 13.2. The molecule has 154 valence electrons. The van der Waals surface area contributed by atoms with Crippen molar-refractivity contribution in [3.63, 3.8) is 0 Å². The average molecular weight is 413 g/mol. The summed E-state index contributed by atoms with van der Waals surface area (Å²) >= 11 is 0. The number of carbonyl (C=O) groups excluding carboxylic acids is 3. The summed E-state index contributed by atoms with van der Waals surface area (Å²) < 4.78 is 9.86. The molecule has 6 nitrogen and oxygen atoms in total. The summed E-state index contributed by atoms with van der Waals surface area (Å²) in [6.07, 6.45) is -1.07. The largest absolute Gasteiger partial charge is 0.469 e. The number of hydrogen-bond acceptors (Lipinski definition) is 5. The van der Waals surface area contributed by atoms with E-state index in [0.717, 1.165) is 27.8 Å². The predicted octanol–water partition coefficient (Wildman–Crippen LogP) is 3.87. The van der Waals surface area contributed by atoms with E-state index in [2.05, 4.69) is 0 Å². The molecular weight excluding hydrogens is 394 g/mol. The van der Waals surface area contributed by atoms with Crippen LogP contribution in [0.5, 0.6) is 0 Å². The topological polar surface area (TPSA) is 72.9 Å². The van der Waals surface area contributed by atoms with Crippen molar-refractivity contribution in [2.75, 3.05) is 7.11 Å². The molecule has 1 unspecified atom stereocenters. The molecule has 0 aromatic heterocycles. The Morgan fingerprint density at radius 2 is 1.45 bits per heavy atom. The minimum absolute atomic E-state index is 0.292. The first-order chi connectivity index (χ1) is 15.1. The number of rotatable bonds is 4. The van der Waals surface area contributed by atoms with Gasteiger partial charge in [0.1, 0.15) is 11.6 Å². The van der Waals surface area contributed by atoms with E-state index >= 15 is 0 Å².